The molecule has 1 atom stereocenters. The molecule has 9 heteroatoms. The Morgan fingerprint density at radius 1 is 1.21 bits per heavy atom. The van der Waals surface area contributed by atoms with Gasteiger partial charge in [-0.25, -0.2) is 4.39 Å². The first-order valence-electron chi connectivity index (χ1n) is 9.37. The van der Waals surface area contributed by atoms with E-state index >= 15 is 0 Å². The van der Waals surface area contributed by atoms with E-state index in [0.717, 1.165) is 32.4 Å². The van der Waals surface area contributed by atoms with Crippen LogP contribution in [0.4, 0.5) is 4.39 Å². The van der Waals surface area contributed by atoms with Crippen LogP contribution < -0.4 is 0 Å². The van der Waals surface area contributed by atoms with Gasteiger partial charge in [0.1, 0.15) is 10.6 Å². The number of rotatable bonds is 2. The number of amides is 1. The zero-order valence-corrected chi connectivity index (χ0v) is 17.1. The van der Waals surface area contributed by atoms with Crippen molar-refractivity contribution < 1.29 is 9.18 Å². The van der Waals surface area contributed by atoms with Crippen molar-refractivity contribution >= 4 is 27.5 Å². The molecule has 5 rings (SSSR count). The lowest BCUT2D eigenvalue weighted by Crippen LogP contribution is -2.41. The minimum atomic E-state index is -0.355. The molecular weight excluding hydrogens is 391 g/mol. The zero-order valence-electron chi connectivity index (χ0n) is 16.3. The molecule has 0 aliphatic carbocycles. The Labute approximate surface area is 170 Å². The first-order valence-corrected chi connectivity index (χ1v) is 10.2. The standard InChI is InChI=1S/C20H19FN6OS/c1-11-15-10-16(29-20(15)25(3)24-11)18-23-22-17-12(2)26(8-9-27(17)18)19(28)13-4-6-14(21)7-5-13/h4-7,10,12H,8-9H2,1-3H3. The van der Waals surface area contributed by atoms with E-state index in [2.05, 4.69) is 25.9 Å². The van der Waals surface area contributed by atoms with Crippen LogP contribution in [0.1, 0.15) is 34.8 Å². The van der Waals surface area contributed by atoms with Crippen LogP contribution in [0.15, 0.2) is 30.3 Å². The normalized spacial score (nSPS) is 16.4. The molecule has 4 heterocycles. The lowest BCUT2D eigenvalue weighted by Gasteiger charge is -2.33. The Kier molecular flexibility index (Phi) is 4.02. The average Bonchev–Trinajstić information content (AvgIpc) is 3.38. The minimum Gasteiger partial charge on any atom is -0.327 e. The summed E-state index contributed by atoms with van der Waals surface area (Å²) >= 11 is 1.64. The van der Waals surface area contributed by atoms with Crippen LogP contribution in [0.3, 0.4) is 0 Å². The molecule has 1 unspecified atom stereocenters. The Hall–Kier alpha value is -3.07. The first-order chi connectivity index (χ1) is 13.9. The number of benzene rings is 1. The molecule has 0 saturated carbocycles. The number of carbonyl (C=O) groups excluding carboxylic acids is 1. The third-order valence-electron chi connectivity index (χ3n) is 5.45. The number of aromatic nitrogens is 5. The van der Waals surface area contributed by atoms with Crippen molar-refractivity contribution in [3.05, 3.63) is 53.2 Å². The zero-order chi connectivity index (χ0) is 20.3. The van der Waals surface area contributed by atoms with Crippen LogP contribution in [0, 0.1) is 12.7 Å². The monoisotopic (exact) mass is 410 g/mol. The van der Waals surface area contributed by atoms with Gasteiger partial charge < -0.3 is 9.47 Å². The highest BCUT2D eigenvalue weighted by molar-refractivity contribution is 7.21. The molecule has 0 spiro atoms. The predicted molar refractivity (Wildman–Crippen MR) is 108 cm³/mol. The SMILES string of the molecule is Cc1nn(C)c2sc(-c3nnc4n3CCN(C(=O)c3ccc(F)cc3)C4C)cc12. The molecule has 29 heavy (non-hydrogen) atoms. The van der Waals surface area contributed by atoms with Gasteiger partial charge in [-0.3, -0.25) is 9.48 Å². The van der Waals surface area contributed by atoms with Gasteiger partial charge in [-0.15, -0.1) is 21.5 Å². The Morgan fingerprint density at radius 2 is 1.97 bits per heavy atom. The number of hydrogen-bond donors (Lipinski definition) is 0. The van der Waals surface area contributed by atoms with E-state index < -0.39 is 0 Å². The molecule has 3 aromatic heterocycles. The summed E-state index contributed by atoms with van der Waals surface area (Å²) in [5.41, 5.74) is 1.46. The molecule has 0 fully saturated rings. The Morgan fingerprint density at radius 3 is 2.69 bits per heavy atom. The molecule has 0 saturated heterocycles. The van der Waals surface area contributed by atoms with E-state index in [-0.39, 0.29) is 17.8 Å². The van der Waals surface area contributed by atoms with Crippen molar-refractivity contribution in [3.8, 4) is 10.7 Å². The number of hydrogen-bond acceptors (Lipinski definition) is 5. The van der Waals surface area contributed by atoms with Crippen LogP contribution in [0.2, 0.25) is 0 Å². The van der Waals surface area contributed by atoms with Crippen molar-refractivity contribution in [2.45, 2.75) is 26.4 Å². The van der Waals surface area contributed by atoms with E-state index in [4.69, 9.17) is 0 Å². The van der Waals surface area contributed by atoms with Crippen molar-refractivity contribution in [1.82, 2.24) is 29.4 Å². The summed E-state index contributed by atoms with van der Waals surface area (Å²) in [6.45, 7) is 5.10. The Bertz CT molecular complexity index is 1200. The van der Waals surface area contributed by atoms with Gasteiger partial charge in [0.05, 0.1) is 16.6 Å². The molecule has 0 N–H and O–H groups in total. The number of carbonyl (C=O) groups is 1. The summed E-state index contributed by atoms with van der Waals surface area (Å²) < 4.78 is 17.2. The predicted octanol–water partition coefficient (Wildman–Crippen LogP) is 3.56. The summed E-state index contributed by atoms with van der Waals surface area (Å²) in [5, 5.41) is 14.4. The second-order valence-corrected chi connectivity index (χ2v) is 8.28. The highest BCUT2D eigenvalue weighted by atomic mass is 32.1. The van der Waals surface area contributed by atoms with E-state index in [1.165, 1.54) is 24.3 Å². The summed E-state index contributed by atoms with van der Waals surface area (Å²) in [5.74, 6) is 1.10. The van der Waals surface area contributed by atoms with Gasteiger partial charge in [-0.2, -0.15) is 5.10 Å². The van der Waals surface area contributed by atoms with Crippen molar-refractivity contribution in [2.24, 2.45) is 7.05 Å². The van der Waals surface area contributed by atoms with E-state index in [0.29, 0.717) is 18.7 Å². The lowest BCUT2D eigenvalue weighted by atomic mass is 10.1. The van der Waals surface area contributed by atoms with Gasteiger partial charge in [0, 0.05) is 31.1 Å². The molecule has 1 aliphatic heterocycles. The molecule has 4 aromatic rings. The third-order valence-corrected chi connectivity index (χ3v) is 6.65. The fourth-order valence-corrected chi connectivity index (χ4v) is 5.04. The van der Waals surface area contributed by atoms with E-state index in [1.807, 2.05) is 25.6 Å². The van der Waals surface area contributed by atoms with Crippen LogP contribution in [-0.4, -0.2) is 41.9 Å². The topological polar surface area (TPSA) is 68.8 Å². The minimum absolute atomic E-state index is 0.128. The first kappa shape index (κ1) is 18.0. The van der Waals surface area contributed by atoms with Gasteiger partial charge in [-0.05, 0) is 44.2 Å². The maximum atomic E-state index is 13.2. The molecule has 1 aromatic carbocycles. The highest BCUT2D eigenvalue weighted by Gasteiger charge is 2.32. The smallest absolute Gasteiger partial charge is 0.254 e. The number of halogens is 1. The number of thiophene rings is 1. The fourth-order valence-electron chi connectivity index (χ4n) is 3.92. The second kappa shape index (κ2) is 6.48. The van der Waals surface area contributed by atoms with Gasteiger partial charge in [-0.1, -0.05) is 0 Å². The van der Waals surface area contributed by atoms with Gasteiger partial charge in [0.25, 0.3) is 5.91 Å². The fraction of sp³-hybridized carbons (Fsp3) is 0.300. The number of aryl methyl sites for hydroxylation is 2. The van der Waals surface area contributed by atoms with Gasteiger partial charge >= 0.3 is 0 Å². The van der Waals surface area contributed by atoms with Crippen molar-refractivity contribution in [2.75, 3.05) is 6.54 Å². The molecule has 1 aliphatic rings. The number of nitrogens with zero attached hydrogens (tertiary/aromatic N) is 6. The largest absolute Gasteiger partial charge is 0.327 e. The molecule has 1 amide bonds. The van der Waals surface area contributed by atoms with E-state index in [9.17, 15) is 9.18 Å². The lowest BCUT2D eigenvalue weighted by molar-refractivity contribution is 0.0638. The van der Waals surface area contributed by atoms with Crippen LogP contribution in [0.5, 0.6) is 0 Å². The van der Waals surface area contributed by atoms with Gasteiger partial charge in [0.15, 0.2) is 11.6 Å². The maximum Gasteiger partial charge on any atom is 0.254 e. The summed E-state index contributed by atoms with van der Waals surface area (Å²) in [6.07, 6.45) is 0. The van der Waals surface area contributed by atoms with Crippen LogP contribution in [0.25, 0.3) is 20.9 Å². The Balaban J connectivity index is 1.48. The molecule has 0 bridgehead atoms. The molecular formula is C20H19FN6OS. The third kappa shape index (κ3) is 2.76. The van der Waals surface area contributed by atoms with Crippen LogP contribution in [-0.2, 0) is 13.6 Å². The van der Waals surface area contributed by atoms with Crippen molar-refractivity contribution in [3.63, 3.8) is 0 Å². The molecule has 0 radical (unpaired) electrons. The van der Waals surface area contributed by atoms with Crippen LogP contribution >= 0.6 is 11.3 Å². The quantitative estimate of drug-likeness (QED) is 0.507. The second-order valence-electron chi connectivity index (χ2n) is 7.25. The summed E-state index contributed by atoms with van der Waals surface area (Å²) in [6, 6.07) is 7.54. The van der Waals surface area contributed by atoms with E-state index in [1.54, 1.807) is 16.2 Å². The van der Waals surface area contributed by atoms with Gasteiger partial charge in [0.2, 0.25) is 0 Å². The summed E-state index contributed by atoms with van der Waals surface area (Å²) in [7, 11) is 1.94. The number of fused-ring (bicyclic) bond motifs is 2. The van der Waals surface area contributed by atoms with Crippen molar-refractivity contribution in [1.29, 1.82) is 0 Å². The highest BCUT2D eigenvalue weighted by Crippen LogP contribution is 2.36. The molecule has 7 nitrogen and oxygen atoms in total. The average molecular weight is 410 g/mol. The maximum absolute atomic E-state index is 13.2. The summed E-state index contributed by atoms with van der Waals surface area (Å²) in [4.78, 5) is 16.8. The molecule has 148 valence electrons.